The molecule has 0 aliphatic rings. The van der Waals surface area contributed by atoms with Crippen molar-refractivity contribution in [3.8, 4) is 0 Å². The standard InChI is InChI=1S/C9H14ClN3O/c1-14-6-2-4-12-7-3-5-13-9(10)8(7)11/h3,5H,2,4,6,11H2,1H3,(H,12,13). The van der Waals surface area contributed by atoms with Crippen LogP contribution in [0.5, 0.6) is 0 Å². The number of pyridine rings is 1. The molecule has 0 atom stereocenters. The van der Waals surface area contributed by atoms with E-state index in [1.165, 1.54) is 0 Å². The van der Waals surface area contributed by atoms with E-state index in [1.807, 2.05) is 0 Å². The molecule has 0 unspecified atom stereocenters. The lowest BCUT2D eigenvalue weighted by atomic mass is 10.3. The highest BCUT2D eigenvalue weighted by molar-refractivity contribution is 6.32. The average Bonchev–Trinajstić information content (AvgIpc) is 2.19. The fraction of sp³-hybridized carbons (Fsp3) is 0.444. The van der Waals surface area contributed by atoms with Gasteiger partial charge < -0.3 is 15.8 Å². The van der Waals surface area contributed by atoms with Crippen LogP contribution in [0.2, 0.25) is 5.15 Å². The summed E-state index contributed by atoms with van der Waals surface area (Å²) in [6.45, 7) is 1.53. The number of methoxy groups -OCH3 is 1. The first-order chi connectivity index (χ1) is 6.75. The molecule has 0 radical (unpaired) electrons. The second kappa shape index (κ2) is 5.67. The van der Waals surface area contributed by atoms with Crippen molar-refractivity contribution in [3.63, 3.8) is 0 Å². The van der Waals surface area contributed by atoms with Crippen LogP contribution in [0.15, 0.2) is 12.3 Å². The van der Waals surface area contributed by atoms with Crippen LogP contribution in [-0.4, -0.2) is 25.2 Å². The van der Waals surface area contributed by atoms with E-state index in [0.29, 0.717) is 10.8 Å². The van der Waals surface area contributed by atoms with Crippen LogP contribution in [-0.2, 0) is 4.74 Å². The van der Waals surface area contributed by atoms with Crippen molar-refractivity contribution in [2.24, 2.45) is 0 Å². The molecular formula is C9H14ClN3O. The van der Waals surface area contributed by atoms with Crippen molar-refractivity contribution < 1.29 is 4.74 Å². The maximum Gasteiger partial charge on any atom is 0.153 e. The third-order valence-electron chi connectivity index (χ3n) is 1.78. The summed E-state index contributed by atoms with van der Waals surface area (Å²) in [4.78, 5) is 3.86. The molecule has 0 bridgehead atoms. The van der Waals surface area contributed by atoms with Gasteiger partial charge in [-0.1, -0.05) is 11.6 Å². The van der Waals surface area contributed by atoms with Gasteiger partial charge in [0.25, 0.3) is 0 Å². The summed E-state index contributed by atoms with van der Waals surface area (Å²) < 4.78 is 4.92. The highest BCUT2D eigenvalue weighted by atomic mass is 35.5. The molecule has 0 saturated heterocycles. The lowest BCUT2D eigenvalue weighted by Crippen LogP contribution is -2.07. The van der Waals surface area contributed by atoms with E-state index in [-0.39, 0.29) is 0 Å². The van der Waals surface area contributed by atoms with E-state index in [4.69, 9.17) is 22.1 Å². The number of ether oxygens (including phenoxy) is 1. The first kappa shape index (κ1) is 11.1. The van der Waals surface area contributed by atoms with Gasteiger partial charge in [-0.2, -0.15) is 0 Å². The van der Waals surface area contributed by atoms with Gasteiger partial charge in [0.2, 0.25) is 0 Å². The van der Waals surface area contributed by atoms with E-state index in [0.717, 1.165) is 25.3 Å². The van der Waals surface area contributed by atoms with Crippen molar-refractivity contribution >= 4 is 23.0 Å². The van der Waals surface area contributed by atoms with Gasteiger partial charge in [0, 0.05) is 26.5 Å². The molecule has 0 aliphatic heterocycles. The number of hydrogen-bond acceptors (Lipinski definition) is 4. The van der Waals surface area contributed by atoms with Crippen LogP contribution < -0.4 is 11.1 Å². The zero-order valence-corrected chi connectivity index (χ0v) is 8.84. The minimum Gasteiger partial charge on any atom is -0.395 e. The Hall–Kier alpha value is -1.00. The predicted molar refractivity (Wildman–Crippen MR) is 58.6 cm³/mol. The van der Waals surface area contributed by atoms with E-state index in [1.54, 1.807) is 19.4 Å². The number of hydrogen-bond donors (Lipinski definition) is 2. The second-order valence-corrected chi connectivity index (χ2v) is 3.19. The number of nitrogen functional groups attached to an aromatic ring is 1. The van der Waals surface area contributed by atoms with Crippen LogP contribution in [0.3, 0.4) is 0 Å². The fourth-order valence-electron chi connectivity index (χ4n) is 1.04. The van der Waals surface area contributed by atoms with Gasteiger partial charge in [-0.05, 0) is 12.5 Å². The van der Waals surface area contributed by atoms with Gasteiger partial charge in [-0.3, -0.25) is 0 Å². The van der Waals surface area contributed by atoms with Gasteiger partial charge in [0.15, 0.2) is 5.15 Å². The average molecular weight is 216 g/mol. The first-order valence-electron chi connectivity index (χ1n) is 4.38. The Balaban J connectivity index is 2.46. The molecule has 1 heterocycles. The minimum atomic E-state index is 0.335. The molecule has 3 N–H and O–H groups in total. The van der Waals surface area contributed by atoms with Crippen LogP contribution in [0.25, 0.3) is 0 Å². The van der Waals surface area contributed by atoms with Crippen molar-refractivity contribution in [1.82, 2.24) is 4.98 Å². The van der Waals surface area contributed by atoms with Gasteiger partial charge in [0.05, 0.1) is 11.4 Å². The summed E-state index contributed by atoms with van der Waals surface area (Å²) in [6, 6.07) is 1.80. The third-order valence-corrected chi connectivity index (χ3v) is 2.08. The Labute approximate surface area is 88.4 Å². The molecular weight excluding hydrogens is 202 g/mol. The van der Waals surface area contributed by atoms with Crippen molar-refractivity contribution in [3.05, 3.63) is 17.4 Å². The third kappa shape index (κ3) is 3.05. The number of rotatable bonds is 5. The normalized spacial score (nSPS) is 10.1. The summed E-state index contributed by atoms with van der Waals surface area (Å²) >= 11 is 5.75. The smallest absolute Gasteiger partial charge is 0.153 e. The number of nitrogens with two attached hydrogens (primary N) is 1. The first-order valence-corrected chi connectivity index (χ1v) is 4.76. The molecule has 1 aromatic rings. The summed E-state index contributed by atoms with van der Waals surface area (Å²) in [7, 11) is 1.68. The topological polar surface area (TPSA) is 60.2 Å². The van der Waals surface area contributed by atoms with Gasteiger partial charge in [-0.15, -0.1) is 0 Å². The number of aromatic nitrogens is 1. The predicted octanol–water partition coefficient (Wildman–Crippen LogP) is 1.77. The highest BCUT2D eigenvalue weighted by Gasteiger charge is 2.02. The molecule has 0 amide bonds. The zero-order valence-electron chi connectivity index (χ0n) is 8.09. The number of anilines is 2. The van der Waals surface area contributed by atoms with Crippen molar-refractivity contribution in [2.75, 3.05) is 31.3 Å². The molecule has 78 valence electrons. The molecule has 0 saturated carbocycles. The van der Waals surface area contributed by atoms with E-state index in [9.17, 15) is 0 Å². The Bertz CT molecular complexity index is 293. The maximum atomic E-state index is 5.75. The van der Waals surface area contributed by atoms with Crippen molar-refractivity contribution in [1.29, 1.82) is 0 Å². The molecule has 5 heteroatoms. The van der Waals surface area contributed by atoms with Crippen LogP contribution in [0, 0.1) is 0 Å². The molecule has 0 fully saturated rings. The summed E-state index contributed by atoms with van der Waals surface area (Å²) in [5, 5.41) is 3.49. The number of halogens is 1. The molecule has 0 spiro atoms. The minimum absolute atomic E-state index is 0.335. The monoisotopic (exact) mass is 215 g/mol. The fourth-order valence-corrected chi connectivity index (χ4v) is 1.20. The quantitative estimate of drug-likeness (QED) is 0.581. The molecule has 1 aromatic heterocycles. The molecule has 0 aliphatic carbocycles. The van der Waals surface area contributed by atoms with E-state index < -0.39 is 0 Å². The summed E-state index contributed by atoms with van der Waals surface area (Å²) in [6.07, 6.45) is 2.55. The van der Waals surface area contributed by atoms with E-state index in [2.05, 4.69) is 10.3 Å². The SMILES string of the molecule is COCCCNc1ccnc(Cl)c1N. The lowest BCUT2D eigenvalue weighted by molar-refractivity contribution is 0.198. The van der Waals surface area contributed by atoms with Gasteiger partial charge >= 0.3 is 0 Å². The maximum absolute atomic E-state index is 5.75. The molecule has 1 rings (SSSR count). The van der Waals surface area contributed by atoms with Crippen LogP contribution >= 0.6 is 11.6 Å². The van der Waals surface area contributed by atoms with Crippen molar-refractivity contribution in [2.45, 2.75) is 6.42 Å². The van der Waals surface area contributed by atoms with Crippen LogP contribution in [0.1, 0.15) is 6.42 Å². The summed E-state index contributed by atoms with van der Waals surface area (Å²) in [5.74, 6) is 0. The Morgan fingerprint density at radius 1 is 1.64 bits per heavy atom. The van der Waals surface area contributed by atoms with Crippen LogP contribution in [0.4, 0.5) is 11.4 Å². The largest absolute Gasteiger partial charge is 0.395 e. The van der Waals surface area contributed by atoms with Gasteiger partial charge in [-0.25, -0.2) is 4.98 Å². The molecule has 14 heavy (non-hydrogen) atoms. The lowest BCUT2D eigenvalue weighted by Gasteiger charge is -2.08. The number of nitrogens with one attached hydrogen (secondary N) is 1. The zero-order chi connectivity index (χ0) is 10.4. The Kier molecular flexibility index (Phi) is 4.49. The number of nitrogens with zero attached hydrogens (tertiary/aromatic N) is 1. The highest BCUT2D eigenvalue weighted by Crippen LogP contribution is 2.23. The Morgan fingerprint density at radius 3 is 3.14 bits per heavy atom. The molecule has 0 aromatic carbocycles. The second-order valence-electron chi connectivity index (χ2n) is 2.84. The molecule has 4 nitrogen and oxygen atoms in total. The Morgan fingerprint density at radius 2 is 2.43 bits per heavy atom. The summed E-state index contributed by atoms with van der Waals surface area (Å²) in [5.41, 5.74) is 7.02. The van der Waals surface area contributed by atoms with Gasteiger partial charge in [0.1, 0.15) is 0 Å². The van der Waals surface area contributed by atoms with E-state index >= 15 is 0 Å².